The van der Waals surface area contributed by atoms with E-state index in [4.69, 9.17) is 11.6 Å². The van der Waals surface area contributed by atoms with Crippen molar-refractivity contribution in [2.75, 3.05) is 0 Å². The van der Waals surface area contributed by atoms with E-state index in [0.717, 1.165) is 17.3 Å². The predicted octanol–water partition coefficient (Wildman–Crippen LogP) is 3.31. The zero-order valence-corrected chi connectivity index (χ0v) is 8.86. The summed E-state index contributed by atoms with van der Waals surface area (Å²) in [5.41, 5.74) is 2.05. The van der Waals surface area contributed by atoms with Crippen molar-refractivity contribution < 1.29 is 4.39 Å². The van der Waals surface area contributed by atoms with Crippen molar-refractivity contribution in [2.24, 2.45) is 0 Å². The summed E-state index contributed by atoms with van der Waals surface area (Å²) in [7, 11) is 0. The van der Waals surface area contributed by atoms with Gasteiger partial charge in [-0.05, 0) is 30.7 Å². The highest BCUT2D eigenvalue weighted by Gasteiger charge is 2.09. The molecule has 0 saturated carbocycles. The Hall–Kier alpha value is -1.00. The number of rotatable bonds is 1. The molecule has 0 bridgehead atoms. The van der Waals surface area contributed by atoms with E-state index in [0.29, 0.717) is 16.4 Å². The fraction of sp³-hybridized carbons (Fsp3) is 0.111. The van der Waals surface area contributed by atoms with Gasteiger partial charge in [-0.2, -0.15) is 8.75 Å². The monoisotopic (exact) mass is 228 g/mol. The number of halogens is 2. The Labute approximate surface area is 89.7 Å². The van der Waals surface area contributed by atoms with Gasteiger partial charge in [-0.3, -0.25) is 0 Å². The van der Waals surface area contributed by atoms with Crippen molar-refractivity contribution >= 4 is 23.3 Å². The Kier molecular flexibility index (Phi) is 2.48. The second-order valence-corrected chi connectivity index (χ2v) is 3.81. The molecule has 0 unspecified atom stereocenters. The molecule has 0 aliphatic heterocycles. The third-order valence-electron chi connectivity index (χ3n) is 1.76. The molecule has 0 spiro atoms. The average Bonchev–Trinajstić information content (AvgIpc) is 2.49. The quantitative estimate of drug-likeness (QED) is 0.749. The molecule has 72 valence electrons. The number of aromatic nitrogens is 2. The number of benzene rings is 1. The summed E-state index contributed by atoms with van der Waals surface area (Å²) >= 11 is 6.81. The van der Waals surface area contributed by atoms with Crippen LogP contribution in [0.15, 0.2) is 18.2 Å². The lowest BCUT2D eigenvalue weighted by atomic mass is 10.1. The van der Waals surface area contributed by atoms with Gasteiger partial charge in [0, 0.05) is 5.56 Å². The molecule has 0 atom stereocenters. The van der Waals surface area contributed by atoms with E-state index in [1.807, 2.05) is 13.0 Å². The summed E-state index contributed by atoms with van der Waals surface area (Å²) in [6.07, 6.45) is 0. The van der Waals surface area contributed by atoms with Gasteiger partial charge in [0.05, 0.1) is 11.7 Å². The highest BCUT2D eigenvalue weighted by Crippen LogP contribution is 2.26. The topological polar surface area (TPSA) is 25.8 Å². The van der Waals surface area contributed by atoms with E-state index in [9.17, 15) is 4.39 Å². The van der Waals surface area contributed by atoms with Gasteiger partial charge < -0.3 is 0 Å². The van der Waals surface area contributed by atoms with E-state index < -0.39 is 0 Å². The molecular weight excluding hydrogens is 223 g/mol. The molecular formula is C9H6ClFN2S. The lowest BCUT2D eigenvalue weighted by Gasteiger charge is -1.99. The lowest BCUT2D eigenvalue weighted by molar-refractivity contribution is 0.627. The van der Waals surface area contributed by atoms with Crippen LogP contribution < -0.4 is 0 Å². The fourth-order valence-electron chi connectivity index (χ4n) is 1.22. The van der Waals surface area contributed by atoms with E-state index >= 15 is 0 Å². The third kappa shape index (κ3) is 1.76. The summed E-state index contributed by atoms with van der Waals surface area (Å²) in [6, 6.07) is 4.68. The molecule has 1 heterocycles. The molecule has 0 aliphatic rings. The first kappa shape index (κ1) is 9.55. The van der Waals surface area contributed by atoms with Crippen LogP contribution in [-0.4, -0.2) is 8.75 Å². The standard InChI is InChI=1S/C9H6ClFN2S/c1-5-2-6(4-7(11)3-5)8-9(10)13-14-12-8/h2-4H,1H3. The van der Waals surface area contributed by atoms with E-state index in [1.165, 1.54) is 12.1 Å². The van der Waals surface area contributed by atoms with E-state index in [-0.39, 0.29) is 5.82 Å². The Bertz CT molecular complexity index is 449. The van der Waals surface area contributed by atoms with Crippen molar-refractivity contribution in [3.05, 3.63) is 34.7 Å². The van der Waals surface area contributed by atoms with Gasteiger partial charge in [0.1, 0.15) is 11.5 Å². The van der Waals surface area contributed by atoms with Crippen LogP contribution in [0.3, 0.4) is 0 Å². The minimum Gasteiger partial charge on any atom is -0.207 e. The Morgan fingerprint density at radius 2 is 2.07 bits per heavy atom. The molecule has 0 aliphatic carbocycles. The summed E-state index contributed by atoms with van der Waals surface area (Å²) in [5, 5.41) is 0.319. The molecule has 0 fully saturated rings. The second-order valence-electron chi connectivity index (χ2n) is 2.92. The van der Waals surface area contributed by atoms with Gasteiger partial charge in [0.15, 0.2) is 5.15 Å². The minimum absolute atomic E-state index is 0.288. The Morgan fingerprint density at radius 3 is 2.64 bits per heavy atom. The molecule has 14 heavy (non-hydrogen) atoms. The molecule has 0 N–H and O–H groups in total. The van der Waals surface area contributed by atoms with Crippen LogP contribution in [0.1, 0.15) is 5.56 Å². The predicted molar refractivity (Wildman–Crippen MR) is 55.1 cm³/mol. The van der Waals surface area contributed by atoms with Gasteiger partial charge in [-0.25, -0.2) is 4.39 Å². The van der Waals surface area contributed by atoms with Crippen LogP contribution in [0.5, 0.6) is 0 Å². The number of hydrogen-bond donors (Lipinski definition) is 0. The van der Waals surface area contributed by atoms with Crippen LogP contribution in [-0.2, 0) is 0 Å². The minimum atomic E-state index is -0.288. The zero-order chi connectivity index (χ0) is 10.1. The van der Waals surface area contributed by atoms with Gasteiger partial charge in [0.25, 0.3) is 0 Å². The first-order valence-corrected chi connectivity index (χ1v) is 5.03. The maximum atomic E-state index is 13.1. The van der Waals surface area contributed by atoms with E-state index in [2.05, 4.69) is 8.75 Å². The molecule has 1 aromatic carbocycles. The van der Waals surface area contributed by atoms with Crippen molar-refractivity contribution in [3.8, 4) is 11.3 Å². The Balaban J connectivity index is 2.57. The van der Waals surface area contributed by atoms with Crippen LogP contribution in [0, 0.1) is 12.7 Å². The summed E-state index contributed by atoms with van der Waals surface area (Å²) in [5.74, 6) is -0.288. The normalized spacial score (nSPS) is 10.5. The number of aryl methyl sites for hydroxylation is 1. The summed E-state index contributed by atoms with van der Waals surface area (Å²) in [4.78, 5) is 0. The molecule has 1 aromatic heterocycles. The third-order valence-corrected chi connectivity index (χ3v) is 2.66. The first-order valence-electron chi connectivity index (χ1n) is 3.92. The molecule has 5 heteroatoms. The SMILES string of the molecule is Cc1cc(F)cc(-c2nsnc2Cl)c1. The molecule has 0 amide bonds. The van der Waals surface area contributed by atoms with Crippen molar-refractivity contribution in [2.45, 2.75) is 6.92 Å². The molecule has 0 saturated heterocycles. The maximum Gasteiger partial charge on any atom is 0.170 e. The zero-order valence-electron chi connectivity index (χ0n) is 7.29. The average molecular weight is 229 g/mol. The maximum absolute atomic E-state index is 13.1. The van der Waals surface area contributed by atoms with Crippen molar-refractivity contribution in [1.29, 1.82) is 0 Å². The first-order chi connectivity index (χ1) is 6.66. The van der Waals surface area contributed by atoms with Crippen LogP contribution >= 0.6 is 23.3 Å². The van der Waals surface area contributed by atoms with E-state index in [1.54, 1.807) is 0 Å². The van der Waals surface area contributed by atoms with Gasteiger partial charge in [-0.15, -0.1) is 0 Å². The van der Waals surface area contributed by atoms with Gasteiger partial charge in [0.2, 0.25) is 0 Å². The highest BCUT2D eigenvalue weighted by atomic mass is 35.5. The van der Waals surface area contributed by atoms with Gasteiger partial charge >= 0.3 is 0 Å². The molecule has 2 rings (SSSR count). The van der Waals surface area contributed by atoms with Crippen molar-refractivity contribution in [1.82, 2.24) is 8.75 Å². The van der Waals surface area contributed by atoms with Crippen LogP contribution in [0.4, 0.5) is 4.39 Å². The smallest absolute Gasteiger partial charge is 0.170 e. The fourth-order valence-corrected chi connectivity index (χ4v) is 1.99. The molecule has 2 nitrogen and oxygen atoms in total. The van der Waals surface area contributed by atoms with Crippen LogP contribution in [0.2, 0.25) is 5.15 Å². The number of hydrogen-bond acceptors (Lipinski definition) is 3. The largest absolute Gasteiger partial charge is 0.207 e. The van der Waals surface area contributed by atoms with Crippen LogP contribution in [0.25, 0.3) is 11.3 Å². The highest BCUT2D eigenvalue weighted by molar-refractivity contribution is 6.99. The second kappa shape index (κ2) is 3.63. The van der Waals surface area contributed by atoms with Crippen molar-refractivity contribution in [3.63, 3.8) is 0 Å². The number of nitrogens with zero attached hydrogens (tertiary/aromatic N) is 2. The van der Waals surface area contributed by atoms with Gasteiger partial charge in [-0.1, -0.05) is 11.6 Å². The summed E-state index contributed by atoms with van der Waals surface area (Å²) < 4.78 is 20.9. The summed E-state index contributed by atoms with van der Waals surface area (Å²) in [6.45, 7) is 1.82. The lowest BCUT2D eigenvalue weighted by Crippen LogP contribution is -1.83. The Morgan fingerprint density at radius 1 is 1.29 bits per heavy atom. The molecule has 2 aromatic rings. The molecule has 0 radical (unpaired) electrons.